The van der Waals surface area contributed by atoms with Gasteiger partial charge in [0.1, 0.15) is 0 Å². The van der Waals surface area contributed by atoms with Crippen molar-refractivity contribution in [2.75, 3.05) is 0 Å². The molecular formula is C10H13NO2. The van der Waals surface area contributed by atoms with E-state index < -0.39 is 0 Å². The van der Waals surface area contributed by atoms with Gasteiger partial charge in [-0.1, -0.05) is 6.07 Å². The van der Waals surface area contributed by atoms with Crippen LogP contribution in [0, 0.1) is 0 Å². The second kappa shape index (κ2) is 2.92. The quantitative estimate of drug-likeness (QED) is 0.523. The summed E-state index contributed by atoms with van der Waals surface area (Å²) in [6, 6.07) is 3.87. The van der Waals surface area contributed by atoms with Crippen molar-refractivity contribution in [1.29, 1.82) is 0 Å². The molecule has 0 aromatic heterocycles. The van der Waals surface area contributed by atoms with E-state index in [-0.39, 0.29) is 11.5 Å². The van der Waals surface area contributed by atoms with Gasteiger partial charge in [0.2, 0.25) is 0 Å². The lowest BCUT2D eigenvalue weighted by molar-refractivity contribution is 0.390. The molecule has 1 aromatic carbocycles. The van der Waals surface area contributed by atoms with Gasteiger partial charge in [-0.15, -0.1) is 0 Å². The first-order valence-electron chi connectivity index (χ1n) is 4.44. The van der Waals surface area contributed by atoms with Crippen LogP contribution in [0.2, 0.25) is 0 Å². The highest BCUT2D eigenvalue weighted by Crippen LogP contribution is 2.33. The Balaban J connectivity index is 2.47. The number of phenolic OH excluding ortho intramolecular Hbond substituents is 2. The van der Waals surface area contributed by atoms with Crippen LogP contribution in [0.25, 0.3) is 0 Å². The summed E-state index contributed by atoms with van der Waals surface area (Å²) < 4.78 is 0. The molecule has 3 N–H and O–H groups in total. The van der Waals surface area contributed by atoms with E-state index >= 15 is 0 Å². The Morgan fingerprint density at radius 1 is 1.38 bits per heavy atom. The fraction of sp³-hybridized carbons (Fsp3) is 0.400. The molecule has 1 atom stereocenters. The average Bonchev–Trinajstić information content (AvgIpc) is 2.12. The van der Waals surface area contributed by atoms with Crippen LogP contribution in [0.3, 0.4) is 0 Å². The molecule has 1 unspecified atom stereocenters. The molecule has 0 aliphatic carbocycles. The molecule has 0 radical (unpaired) electrons. The van der Waals surface area contributed by atoms with E-state index in [1.807, 2.05) is 6.07 Å². The minimum absolute atomic E-state index is 0.0249. The lowest BCUT2D eigenvalue weighted by Gasteiger charge is -2.23. The molecule has 3 nitrogen and oxygen atoms in total. The van der Waals surface area contributed by atoms with Gasteiger partial charge in [-0.05, 0) is 25.0 Å². The number of hydrogen-bond donors (Lipinski definition) is 3. The van der Waals surface area contributed by atoms with Crippen LogP contribution in [0.4, 0.5) is 0 Å². The molecule has 2 rings (SSSR count). The summed E-state index contributed by atoms with van der Waals surface area (Å²) in [5, 5.41) is 22.0. The van der Waals surface area contributed by atoms with Crippen LogP contribution >= 0.6 is 0 Å². The topological polar surface area (TPSA) is 52.5 Å². The molecule has 70 valence electrons. The van der Waals surface area contributed by atoms with Gasteiger partial charge in [-0.2, -0.15) is 0 Å². The Hall–Kier alpha value is -1.22. The van der Waals surface area contributed by atoms with E-state index in [9.17, 15) is 10.2 Å². The van der Waals surface area contributed by atoms with Crippen LogP contribution in [-0.4, -0.2) is 16.3 Å². The number of fused-ring (bicyclic) bond motifs is 1. The van der Waals surface area contributed by atoms with Crippen LogP contribution in [0.15, 0.2) is 12.1 Å². The molecule has 1 heterocycles. The Morgan fingerprint density at radius 2 is 2.15 bits per heavy atom. The van der Waals surface area contributed by atoms with Gasteiger partial charge in [-0.25, -0.2) is 0 Å². The van der Waals surface area contributed by atoms with Crippen molar-refractivity contribution in [2.45, 2.75) is 25.9 Å². The monoisotopic (exact) mass is 179 g/mol. The lowest BCUT2D eigenvalue weighted by atomic mass is 9.95. The summed E-state index contributed by atoms with van der Waals surface area (Å²) in [4.78, 5) is 0. The first kappa shape index (κ1) is 8.38. The Labute approximate surface area is 77.0 Å². The number of hydrogen-bond acceptors (Lipinski definition) is 3. The molecule has 13 heavy (non-hydrogen) atoms. The molecule has 1 aliphatic heterocycles. The first-order chi connectivity index (χ1) is 6.18. The third-order valence-electron chi connectivity index (χ3n) is 2.51. The molecular weight excluding hydrogens is 166 g/mol. The predicted octanol–water partition coefficient (Wildman–Crippen LogP) is 1.13. The summed E-state index contributed by atoms with van der Waals surface area (Å²) in [7, 11) is 0. The Morgan fingerprint density at radius 3 is 2.92 bits per heavy atom. The maximum absolute atomic E-state index is 9.54. The number of aromatic hydroxyl groups is 2. The number of benzene rings is 1. The van der Waals surface area contributed by atoms with Gasteiger partial charge >= 0.3 is 0 Å². The van der Waals surface area contributed by atoms with Crippen molar-refractivity contribution < 1.29 is 10.2 Å². The lowest BCUT2D eigenvalue weighted by Crippen LogP contribution is -2.32. The molecule has 0 saturated heterocycles. The molecule has 0 saturated carbocycles. The minimum atomic E-state index is -0.0323. The highest BCUT2D eigenvalue weighted by atomic mass is 16.3. The Bertz CT molecular complexity index is 336. The van der Waals surface area contributed by atoms with E-state index in [0.29, 0.717) is 12.6 Å². The van der Waals surface area contributed by atoms with Crippen molar-refractivity contribution in [2.24, 2.45) is 0 Å². The summed E-state index contributed by atoms with van der Waals surface area (Å²) >= 11 is 0. The second-order valence-corrected chi connectivity index (χ2v) is 3.56. The molecule has 0 spiro atoms. The Kier molecular flexibility index (Phi) is 1.88. The van der Waals surface area contributed by atoms with E-state index in [1.54, 1.807) is 6.07 Å². The van der Waals surface area contributed by atoms with Gasteiger partial charge in [0.25, 0.3) is 0 Å². The number of phenols is 2. The third kappa shape index (κ3) is 1.35. The van der Waals surface area contributed by atoms with Gasteiger partial charge in [-0.3, -0.25) is 0 Å². The zero-order chi connectivity index (χ0) is 9.42. The van der Waals surface area contributed by atoms with E-state index in [2.05, 4.69) is 12.2 Å². The van der Waals surface area contributed by atoms with Crippen LogP contribution in [-0.2, 0) is 13.0 Å². The van der Waals surface area contributed by atoms with E-state index in [1.165, 1.54) is 0 Å². The average molecular weight is 179 g/mol. The molecule has 0 amide bonds. The fourth-order valence-electron chi connectivity index (χ4n) is 1.73. The predicted molar refractivity (Wildman–Crippen MR) is 49.8 cm³/mol. The molecule has 0 bridgehead atoms. The van der Waals surface area contributed by atoms with Gasteiger partial charge in [0.15, 0.2) is 11.5 Å². The minimum Gasteiger partial charge on any atom is -0.504 e. The van der Waals surface area contributed by atoms with Crippen LogP contribution in [0.5, 0.6) is 11.5 Å². The highest BCUT2D eigenvalue weighted by molar-refractivity contribution is 5.49. The van der Waals surface area contributed by atoms with Gasteiger partial charge < -0.3 is 15.5 Å². The van der Waals surface area contributed by atoms with E-state index in [4.69, 9.17) is 0 Å². The summed E-state index contributed by atoms with van der Waals surface area (Å²) in [6.45, 7) is 2.74. The fourth-order valence-corrected chi connectivity index (χ4v) is 1.73. The second-order valence-electron chi connectivity index (χ2n) is 3.56. The maximum atomic E-state index is 9.54. The zero-order valence-electron chi connectivity index (χ0n) is 7.54. The van der Waals surface area contributed by atoms with Crippen molar-refractivity contribution in [3.63, 3.8) is 0 Å². The summed E-state index contributed by atoms with van der Waals surface area (Å²) in [5.41, 5.74) is 1.96. The van der Waals surface area contributed by atoms with Crippen molar-refractivity contribution in [3.8, 4) is 11.5 Å². The summed E-state index contributed by atoms with van der Waals surface area (Å²) in [6.07, 6.45) is 0.906. The van der Waals surface area contributed by atoms with E-state index in [0.717, 1.165) is 17.5 Å². The van der Waals surface area contributed by atoms with Crippen LogP contribution < -0.4 is 5.32 Å². The molecule has 0 fully saturated rings. The maximum Gasteiger partial charge on any atom is 0.162 e. The zero-order valence-corrected chi connectivity index (χ0v) is 7.54. The largest absolute Gasteiger partial charge is 0.504 e. The third-order valence-corrected chi connectivity index (χ3v) is 2.51. The van der Waals surface area contributed by atoms with Crippen molar-refractivity contribution in [1.82, 2.24) is 5.32 Å². The molecule has 3 heteroatoms. The first-order valence-corrected chi connectivity index (χ1v) is 4.44. The van der Waals surface area contributed by atoms with Gasteiger partial charge in [0, 0.05) is 18.2 Å². The highest BCUT2D eigenvalue weighted by Gasteiger charge is 2.18. The molecule has 1 aromatic rings. The van der Waals surface area contributed by atoms with Crippen molar-refractivity contribution >= 4 is 0 Å². The normalized spacial score (nSPS) is 21.2. The SMILES string of the molecule is CC1Cc2ccc(O)c(O)c2CN1. The van der Waals surface area contributed by atoms with Crippen LogP contribution in [0.1, 0.15) is 18.1 Å². The standard InChI is InChI=1S/C10H13NO2/c1-6-4-7-2-3-9(12)10(13)8(7)5-11-6/h2-3,6,11-13H,4-5H2,1H3. The molecule has 1 aliphatic rings. The summed E-state index contributed by atoms with van der Waals surface area (Å²) in [5.74, 6) is -0.00740. The van der Waals surface area contributed by atoms with Gasteiger partial charge in [0.05, 0.1) is 0 Å². The van der Waals surface area contributed by atoms with Crippen molar-refractivity contribution in [3.05, 3.63) is 23.3 Å². The number of nitrogens with one attached hydrogen (secondary N) is 1. The number of rotatable bonds is 0. The smallest absolute Gasteiger partial charge is 0.162 e.